The molecule has 1 fully saturated rings. The van der Waals surface area contributed by atoms with Crippen LogP contribution >= 0.6 is 11.3 Å². The Bertz CT molecular complexity index is 325. The van der Waals surface area contributed by atoms with Crippen LogP contribution in [0, 0.1) is 5.92 Å². The monoisotopic (exact) mass is 240 g/mol. The molecule has 2 rings (SSSR count). The van der Waals surface area contributed by atoms with E-state index < -0.39 is 0 Å². The summed E-state index contributed by atoms with van der Waals surface area (Å²) in [4.78, 5) is 7.01. The predicted octanol–water partition coefficient (Wildman–Crippen LogP) is 2.30. The molecule has 1 aliphatic rings. The molecule has 1 aromatic heterocycles. The largest absolute Gasteiger partial charge is 0.396 e. The molecule has 90 valence electrons. The second-order valence-corrected chi connectivity index (χ2v) is 5.28. The van der Waals surface area contributed by atoms with Gasteiger partial charge >= 0.3 is 0 Å². The predicted molar refractivity (Wildman–Crippen MR) is 68.1 cm³/mol. The maximum Gasteiger partial charge on any atom is 0.185 e. The maximum absolute atomic E-state index is 8.99. The number of aromatic nitrogens is 1. The molecule has 1 aromatic rings. The summed E-state index contributed by atoms with van der Waals surface area (Å²) in [6.45, 7) is 4.65. The Morgan fingerprint density at radius 1 is 1.62 bits per heavy atom. The van der Waals surface area contributed by atoms with Crippen molar-refractivity contribution in [3.8, 4) is 0 Å². The smallest absolute Gasteiger partial charge is 0.185 e. The summed E-state index contributed by atoms with van der Waals surface area (Å²) in [5.41, 5.74) is 1.20. The van der Waals surface area contributed by atoms with Gasteiger partial charge in [-0.25, -0.2) is 4.98 Å². The van der Waals surface area contributed by atoms with Crippen LogP contribution in [-0.2, 0) is 6.42 Å². The van der Waals surface area contributed by atoms with Crippen LogP contribution in [0.5, 0.6) is 0 Å². The van der Waals surface area contributed by atoms with Crippen molar-refractivity contribution in [3.05, 3.63) is 11.1 Å². The Hall–Kier alpha value is -0.610. The van der Waals surface area contributed by atoms with Gasteiger partial charge in [0.15, 0.2) is 5.13 Å². The lowest BCUT2D eigenvalue weighted by Gasteiger charge is -2.32. The Morgan fingerprint density at radius 3 is 3.19 bits per heavy atom. The van der Waals surface area contributed by atoms with Crippen LogP contribution in [0.4, 0.5) is 5.13 Å². The molecule has 2 heterocycles. The van der Waals surface area contributed by atoms with E-state index in [1.54, 1.807) is 11.3 Å². The van der Waals surface area contributed by atoms with Crippen molar-refractivity contribution >= 4 is 16.5 Å². The summed E-state index contributed by atoms with van der Waals surface area (Å²) in [6.07, 6.45) is 4.43. The van der Waals surface area contributed by atoms with Crippen molar-refractivity contribution in [2.45, 2.75) is 32.6 Å². The van der Waals surface area contributed by atoms with Crippen molar-refractivity contribution in [1.29, 1.82) is 0 Å². The molecule has 0 aliphatic carbocycles. The van der Waals surface area contributed by atoms with E-state index in [1.807, 2.05) is 0 Å². The van der Waals surface area contributed by atoms with Crippen LogP contribution in [0.25, 0.3) is 0 Å². The first kappa shape index (κ1) is 11.9. The Labute approximate surface area is 101 Å². The van der Waals surface area contributed by atoms with Crippen LogP contribution in [0.15, 0.2) is 5.38 Å². The van der Waals surface area contributed by atoms with Crippen LogP contribution in [0.2, 0.25) is 0 Å². The van der Waals surface area contributed by atoms with E-state index in [1.165, 1.54) is 23.7 Å². The molecule has 1 N–H and O–H groups in total. The molecule has 0 amide bonds. The molecule has 0 aromatic carbocycles. The molecule has 1 atom stereocenters. The number of aryl methyl sites for hydroxylation is 1. The zero-order valence-corrected chi connectivity index (χ0v) is 10.7. The minimum Gasteiger partial charge on any atom is -0.396 e. The van der Waals surface area contributed by atoms with Gasteiger partial charge in [-0.2, -0.15) is 0 Å². The summed E-state index contributed by atoms with van der Waals surface area (Å²) >= 11 is 1.75. The second-order valence-electron chi connectivity index (χ2n) is 4.44. The highest BCUT2D eigenvalue weighted by Gasteiger charge is 2.21. The molecule has 0 bridgehead atoms. The highest BCUT2D eigenvalue weighted by Crippen LogP contribution is 2.27. The van der Waals surface area contributed by atoms with Gasteiger partial charge in [-0.15, -0.1) is 11.3 Å². The fourth-order valence-electron chi connectivity index (χ4n) is 2.26. The van der Waals surface area contributed by atoms with E-state index in [-0.39, 0.29) is 0 Å². The molecular formula is C12H20N2OS. The Morgan fingerprint density at radius 2 is 2.50 bits per heavy atom. The molecule has 0 spiro atoms. The second kappa shape index (κ2) is 5.64. The molecule has 1 saturated heterocycles. The van der Waals surface area contributed by atoms with Crippen LogP contribution in [0.1, 0.15) is 31.9 Å². The molecule has 4 heteroatoms. The van der Waals surface area contributed by atoms with E-state index in [9.17, 15) is 0 Å². The molecule has 1 unspecified atom stereocenters. The van der Waals surface area contributed by atoms with Crippen molar-refractivity contribution in [1.82, 2.24) is 4.98 Å². The number of nitrogens with zero attached hydrogens (tertiary/aromatic N) is 2. The van der Waals surface area contributed by atoms with E-state index in [0.717, 1.165) is 25.9 Å². The lowest BCUT2D eigenvalue weighted by Crippen LogP contribution is -2.35. The number of piperidine rings is 1. The minimum atomic E-state index is 0.316. The lowest BCUT2D eigenvalue weighted by atomic mass is 9.95. The highest BCUT2D eigenvalue weighted by atomic mass is 32.1. The molecule has 16 heavy (non-hydrogen) atoms. The van der Waals surface area contributed by atoms with Gasteiger partial charge in [0, 0.05) is 25.1 Å². The zero-order valence-electron chi connectivity index (χ0n) is 9.85. The summed E-state index contributed by atoms with van der Waals surface area (Å²) in [7, 11) is 0. The van der Waals surface area contributed by atoms with Gasteiger partial charge in [-0.05, 0) is 31.6 Å². The van der Waals surface area contributed by atoms with Crippen molar-refractivity contribution in [2.24, 2.45) is 5.92 Å². The summed E-state index contributed by atoms with van der Waals surface area (Å²) in [5.74, 6) is 0.646. The minimum absolute atomic E-state index is 0.316. The van der Waals surface area contributed by atoms with Crippen LogP contribution in [0.3, 0.4) is 0 Å². The van der Waals surface area contributed by atoms with Crippen LogP contribution < -0.4 is 4.90 Å². The average molecular weight is 240 g/mol. The van der Waals surface area contributed by atoms with Gasteiger partial charge in [0.25, 0.3) is 0 Å². The quantitative estimate of drug-likeness (QED) is 0.877. The topological polar surface area (TPSA) is 36.4 Å². The first-order chi connectivity index (χ1) is 7.83. The zero-order chi connectivity index (χ0) is 11.4. The number of hydrogen-bond donors (Lipinski definition) is 1. The first-order valence-electron chi connectivity index (χ1n) is 6.13. The van der Waals surface area contributed by atoms with E-state index >= 15 is 0 Å². The third kappa shape index (κ3) is 2.74. The fraction of sp³-hybridized carbons (Fsp3) is 0.750. The van der Waals surface area contributed by atoms with Gasteiger partial charge in [-0.1, -0.05) is 6.92 Å². The number of thiazole rings is 1. The van der Waals surface area contributed by atoms with Crippen molar-refractivity contribution in [3.63, 3.8) is 0 Å². The van der Waals surface area contributed by atoms with E-state index in [4.69, 9.17) is 5.11 Å². The standard InChI is InChI=1S/C12H20N2OS/c1-2-11-9-16-12(13-11)14-6-3-4-10(8-14)5-7-15/h9-10,15H,2-8H2,1H3. The van der Waals surface area contributed by atoms with Gasteiger partial charge in [0.05, 0.1) is 5.69 Å². The van der Waals surface area contributed by atoms with Gasteiger partial charge in [-0.3, -0.25) is 0 Å². The molecule has 1 aliphatic heterocycles. The highest BCUT2D eigenvalue weighted by molar-refractivity contribution is 7.13. The number of rotatable bonds is 4. The van der Waals surface area contributed by atoms with Gasteiger partial charge in [0.1, 0.15) is 0 Å². The number of aliphatic hydroxyl groups is 1. The van der Waals surface area contributed by atoms with E-state index in [2.05, 4.69) is 22.2 Å². The molecular weight excluding hydrogens is 220 g/mol. The summed E-state index contributed by atoms with van der Waals surface area (Å²) < 4.78 is 0. The van der Waals surface area contributed by atoms with Crippen LogP contribution in [-0.4, -0.2) is 29.8 Å². The first-order valence-corrected chi connectivity index (χ1v) is 7.01. The SMILES string of the molecule is CCc1csc(N2CCCC(CCO)C2)n1. The van der Waals surface area contributed by atoms with Gasteiger partial charge < -0.3 is 10.0 Å². The third-order valence-electron chi connectivity index (χ3n) is 3.23. The Kier molecular flexibility index (Phi) is 4.18. The number of aliphatic hydroxyl groups excluding tert-OH is 1. The van der Waals surface area contributed by atoms with Crippen molar-refractivity contribution < 1.29 is 5.11 Å². The average Bonchev–Trinajstić information content (AvgIpc) is 2.78. The molecule has 3 nitrogen and oxygen atoms in total. The fourth-order valence-corrected chi connectivity index (χ4v) is 3.21. The van der Waals surface area contributed by atoms with Crippen molar-refractivity contribution in [2.75, 3.05) is 24.6 Å². The van der Waals surface area contributed by atoms with Gasteiger partial charge in [0.2, 0.25) is 0 Å². The lowest BCUT2D eigenvalue weighted by molar-refractivity contribution is 0.244. The van der Waals surface area contributed by atoms with E-state index in [0.29, 0.717) is 12.5 Å². The third-order valence-corrected chi connectivity index (χ3v) is 4.18. The normalized spacial score (nSPS) is 21.4. The molecule has 0 radical (unpaired) electrons. The number of hydrogen-bond acceptors (Lipinski definition) is 4. The maximum atomic E-state index is 8.99. The molecule has 0 saturated carbocycles. The summed E-state index contributed by atoms with van der Waals surface area (Å²) in [5, 5.41) is 12.3. The Balaban J connectivity index is 1.98. The number of anilines is 1. The summed E-state index contributed by atoms with van der Waals surface area (Å²) in [6, 6.07) is 0.